The number of likely N-dealkylation sites (tertiary alicyclic amines) is 1. The Morgan fingerprint density at radius 2 is 1.89 bits per heavy atom. The zero-order chi connectivity index (χ0) is 46.7. The number of fused-ring (bicyclic) bond motifs is 6. The summed E-state index contributed by atoms with van der Waals surface area (Å²) in [6, 6.07) is 12.3. The molecule has 2 saturated heterocycles. The molecule has 5 atom stereocenters. The predicted molar refractivity (Wildman–Crippen MR) is 252 cm³/mol. The van der Waals surface area contributed by atoms with Gasteiger partial charge in [-0.15, -0.1) is 0 Å². The van der Waals surface area contributed by atoms with Gasteiger partial charge in [-0.2, -0.15) is 0 Å². The van der Waals surface area contributed by atoms with E-state index in [2.05, 4.69) is 61.4 Å². The van der Waals surface area contributed by atoms with Crippen LogP contribution in [0.5, 0.6) is 0 Å². The van der Waals surface area contributed by atoms with Gasteiger partial charge in [-0.25, -0.2) is 0 Å². The predicted octanol–water partition coefficient (Wildman–Crippen LogP) is 6.35. The number of rotatable bonds is 11. The Balaban J connectivity index is 1.29. The molecule has 14 nitrogen and oxygen atoms in total. The summed E-state index contributed by atoms with van der Waals surface area (Å²) in [7, 11) is 1.68. The van der Waals surface area contributed by atoms with E-state index in [0.717, 1.165) is 50.2 Å². The van der Waals surface area contributed by atoms with Crippen molar-refractivity contribution in [1.82, 2.24) is 35.2 Å². The number of benzene rings is 1. The zero-order valence-electron chi connectivity index (χ0n) is 38.8. The normalized spacial score (nSPS) is 20.9. The van der Waals surface area contributed by atoms with Crippen molar-refractivity contribution >= 4 is 59.7 Å². The van der Waals surface area contributed by atoms with Crippen molar-refractivity contribution in [3.8, 4) is 22.4 Å². The summed E-state index contributed by atoms with van der Waals surface area (Å²) in [6.45, 7) is 19.6. The zero-order valence-corrected chi connectivity index (χ0v) is 42.1. The summed E-state index contributed by atoms with van der Waals surface area (Å²) in [5.74, 6) is -1.82. The molecule has 3 aliphatic rings. The molecule has 2 fully saturated rings. The van der Waals surface area contributed by atoms with Crippen molar-refractivity contribution in [1.29, 1.82) is 0 Å². The van der Waals surface area contributed by atoms with Gasteiger partial charge in [0.15, 0.2) is 0 Å². The number of ether oxygens (including phenoxy) is 2. The Kier molecular flexibility index (Phi) is 14.8. The number of carbonyl (C=O) groups is 5. The number of carbonyl (C=O) groups excluding carboxylic acids is 5. The minimum atomic E-state index is -3.44. The molecule has 65 heavy (non-hydrogen) atoms. The number of aromatic nitrogens is 3. The Bertz CT molecular complexity index is 2520. The number of nitrogens with one attached hydrogen (secondary N) is 2. The Labute approximate surface area is 389 Å². The number of pyridine rings is 2. The summed E-state index contributed by atoms with van der Waals surface area (Å²) in [5.41, 5.74) is 10.4. The van der Waals surface area contributed by atoms with Gasteiger partial charge in [0.05, 0.1) is 17.5 Å². The molecule has 1 aromatic carbocycles. The van der Waals surface area contributed by atoms with Crippen LogP contribution < -0.4 is 10.7 Å². The molecule has 6 bridgehead atoms. The van der Waals surface area contributed by atoms with Gasteiger partial charge >= 0.3 is 288 Å². The van der Waals surface area contributed by atoms with Gasteiger partial charge in [-0.05, 0) is 32.4 Å². The van der Waals surface area contributed by atoms with Gasteiger partial charge in [0.25, 0.3) is 0 Å². The van der Waals surface area contributed by atoms with E-state index in [9.17, 15) is 24.0 Å². The summed E-state index contributed by atoms with van der Waals surface area (Å²) in [6.07, 6.45) is 6.88. The Morgan fingerprint density at radius 3 is 2.62 bits per heavy atom. The maximum atomic E-state index is 14.7. The van der Waals surface area contributed by atoms with E-state index >= 15 is 0 Å². The molecule has 0 unspecified atom stereocenters. The van der Waals surface area contributed by atoms with E-state index in [-0.39, 0.29) is 34.5 Å². The summed E-state index contributed by atoms with van der Waals surface area (Å²) < 4.78 is 15.4. The van der Waals surface area contributed by atoms with E-state index in [4.69, 9.17) is 19.4 Å². The number of cyclic esters (lactones) is 1. The molecule has 3 aliphatic heterocycles. The van der Waals surface area contributed by atoms with E-state index in [0.29, 0.717) is 57.4 Å². The van der Waals surface area contributed by atoms with Crippen molar-refractivity contribution in [2.75, 3.05) is 33.4 Å². The molecule has 7 rings (SSSR count). The minimum absolute atomic E-state index is 0.0702. The van der Waals surface area contributed by atoms with Crippen LogP contribution in [-0.2, 0) is 52.8 Å². The van der Waals surface area contributed by atoms with Gasteiger partial charge in [0.1, 0.15) is 0 Å². The third-order valence-corrected chi connectivity index (χ3v) is 22.6. The van der Waals surface area contributed by atoms with Gasteiger partial charge in [0, 0.05) is 25.4 Å². The van der Waals surface area contributed by atoms with E-state index in [1.807, 2.05) is 48.1 Å². The molecule has 6 heterocycles. The van der Waals surface area contributed by atoms with Crippen LogP contribution in [0.25, 0.3) is 33.4 Å². The molecule has 3 aromatic heterocycles. The average Bonchev–Trinajstić information content (AvgIpc) is 3.92. The van der Waals surface area contributed by atoms with Crippen LogP contribution >= 0.6 is 0 Å². The fourth-order valence-electron chi connectivity index (χ4n) is 9.81. The molecule has 342 valence electrons. The van der Waals surface area contributed by atoms with Crippen LogP contribution in [0.4, 0.5) is 0 Å². The van der Waals surface area contributed by atoms with Gasteiger partial charge in [0.2, 0.25) is 0 Å². The van der Waals surface area contributed by atoms with Crippen LogP contribution in [0.2, 0.25) is 8.35 Å². The topological polar surface area (TPSA) is 165 Å². The summed E-state index contributed by atoms with van der Waals surface area (Å²) in [5, 5.41) is 5.48. The number of methoxy groups -OCH3 is 1. The second-order valence-corrected chi connectivity index (χ2v) is 26.7. The number of hydrazine groups is 1. The average molecular weight is 988 g/mol. The van der Waals surface area contributed by atoms with Gasteiger partial charge < -0.3 is 9.30 Å². The van der Waals surface area contributed by atoms with Crippen molar-refractivity contribution in [2.45, 2.75) is 99.8 Å². The van der Waals surface area contributed by atoms with Crippen molar-refractivity contribution in [3.05, 3.63) is 96.5 Å². The Morgan fingerprint density at radius 1 is 1.11 bits per heavy atom. The molecule has 2 N–H and O–H groups in total. The monoisotopic (exact) mass is 987 g/mol. The second kappa shape index (κ2) is 20.2. The standard InChI is InChI=1S/C41H49N6O5.C8H10NO2.CH3.In/c1-8-46-37(30-14-10-16-42-36(30)26(4)51-7)32-22-41(5,6)24-52-40(50)33-15-11-17-47(45-33)39(49)34(44-35(48)18-25(2)3)20-27-12-9-13-28(19-27)29-21-31(32)38(46)43-23-29;1-2-8(11)9-4-3-7(5-9)6-10;;/h9-10,12-14,16,18-19,21,23,26,33-34,45H,2,8,11,15,17,20,22,24H2,1,3-7H3,(H,44,48);2,7H,1,3-5H2;1H3;/t26-,33-,34-;7-;;/m00../s1. The number of hydrogen-bond acceptors (Lipinski definition) is 10. The first-order chi connectivity index (χ1) is 31.0. The SMILES string of the molecule is C=CC(=O)N1CC[C@H]([C](=O)[In]([CH3])[C@@H](C(=C)C)C(=O)N[C@H]2Cc3cccc(c3)-c3cnc4c(c3)c(c(-c3cccnc3[C@H](C)OC)n4CC)CC(C)(C)COC(=O)[C@@H]3CCCN(N3)C2=O)C1. The maximum absolute atomic E-state index is 14.7. The van der Waals surface area contributed by atoms with E-state index in [1.165, 1.54) is 11.1 Å². The van der Waals surface area contributed by atoms with Crippen LogP contribution in [0, 0.1) is 11.3 Å². The second-order valence-electron chi connectivity index (χ2n) is 18.7. The fourth-order valence-corrected chi connectivity index (χ4v) is 17.7. The van der Waals surface area contributed by atoms with E-state index < -0.39 is 60.4 Å². The van der Waals surface area contributed by atoms with Crippen LogP contribution in [0.1, 0.15) is 76.8 Å². The first-order valence-electron chi connectivity index (χ1n) is 22.8. The summed E-state index contributed by atoms with van der Waals surface area (Å²) >= 11 is -3.44. The van der Waals surface area contributed by atoms with Gasteiger partial charge in [-0.1, -0.05) is 13.8 Å². The molecule has 0 spiro atoms. The van der Waals surface area contributed by atoms with Crippen molar-refractivity contribution in [2.24, 2.45) is 11.3 Å². The molecule has 4 aromatic rings. The number of amides is 3. The first kappa shape index (κ1) is 47.8. The van der Waals surface area contributed by atoms with Crippen LogP contribution in [0.3, 0.4) is 0 Å². The number of aryl methyl sites for hydroxylation is 1. The van der Waals surface area contributed by atoms with Crippen molar-refractivity contribution < 1.29 is 33.4 Å². The van der Waals surface area contributed by atoms with Crippen molar-refractivity contribution in [3.63, 3.8) is 0 Å². The first-order valence-corrected chi connectivity index (χ1v) is 29.6. The number of nitrogens with zero attached hydrogens (tertiary/aromatic N) is 5. The van der Waals surface area contributed by atoms with Gasteiger partial charge in [-0.3, -0.25) is 4.98 Å². The molecule has 0 radical (unpaired) electrons. The quantitative estimate of drug-likeness (QED) is 0.0983. The number of esters is 1. The molecule has 3 amide bonds. The third kappa shape index (κ3) is 10.2. The third-order valence-electron chi connectivity index (χ3n) is 13.3. The van der Waals surface area contributed by atoms with E-state index in [1.54, 1.807) is 25.1 Å². The van der Waals surface area contributed by atoms with Crippen LogP contribution in [0.15, 0.2) is 79.7 Å². The molecular weight excluding hydrogens is 925 g/mol. The Hall–Kier alpha value is -5.12. The summed E-state index contributed by atoms with van der Waals surface area (Å²) in [4.78, 5) is 81.0. The number of hydrogen-bond donors (Lipinski definition) is 2. The molecule has 0 aliphatic carbocycles. The molecule has 15 heteroatoms. The fraction of sp³-hybridized carbons (Fsp3) is 0.460. The molecule has 0 saturated carbocycles. The van der Waals surface area contributed by atoms with Crippen LogP contribution in [-0.4, -0.2) is 119 Å². The molecular formula is C50H62InN7O7.